The van der Waals surface area contributed by atoms with Crippen LogP contribution in [-0.4, -0.2) is 39.7 Å². The number of aromatic amines is 1. The number of aryl methyl sites for hydroxylation is 1. The summed E-state index contributed by atoms with van der Waals surface area (Å²) in [6.07, 6.45) is 4.50. The smallest absolute Gasteiger partial charge is 0.413 e. The van der Waals surface area contributed by atoms with Crippen LogP contribution < -0.4 is 10.1 Å². The molecule has 9 heteroatoms. The minimum atomic E-state index is -0.929. The molecule has 2 heterocycles. The highest BCUT2D eigenvalue weighted by Gasteiger charge is 2.25. The molecule has 1 atom stereocenters. The third kappa shape index (κ3) is 4.45. The number of halogens is 1. The van der Waals surface area contributed by atoms with E-state index in [1.54, 1.807) is 24.4 Å². The lowest BCUT2D eigenvalue weighted by Gasteiger charge is -2.17. The Morgan fingerprint density at radius 3 is 2.81 bits per heavy atom. The summed E-state index contributed by atoms with van der Waals surface area (Å²) in [7, 11) is 3.21. The number of nitrogens with one attached hydrogen (secondary N) is 2. The average molecular weight is 453 g/mol. The van der Waals surface area contributed by atoms with Crippen molar-refractivity contribution >= 4 is 34.6 Å². The average Bonchev–Trinajstić information content (AvgIpc) is 3.43. The van der Waals surface area contributed by atoms with Crippen LogP contribution >= 0.6 is 11.6 Å². The van der Waals surface area contributed by atoms with Crippen molar-refractivity contribution in [2.24, 2.45) is 7.05 Å². The number of ether oxygens (including phenoxy) is 2. The lowest BCUT2D eigenvalue weighted by atomic mass is 10.1. The summed E-state index contributed by atoms with van der Waals surface area (Å²) in [5.74, 6) is -0.301. The maximum absolute atomic E-state index is 12.7. The molecule has 0 fully saturated rings. The lowest BCUT2D eigenvalue weighted by molar-refractivity contribution is -0.142. The molecular weight excluding hydrogens is 432 g/mol. The Kier molecular flexibility index (Phi) is 6.13. The summed E-state index contributed by atoms with van der Waals surface area (Å²) >= 11 is 6.10. The van der Waals surface area contributed by atoms with Crippen LogP contribution in [0.5, 0.6) is 5.75 Å². The fourth-order valence-electron chi connectivity index (χ4n) is 3.62. The topological polar surface area (TPSA) is 98.2 Å². The number of rotatable bonds is 6. The number of carbonyl (C=O) groups is 2. The summed E-state index contributed by atoms with van der Waals surface area (Å²) < 4.78 is 12.4. The number of imidazole rings is 1. The van der Waals surface area contributed by atoms with E-state index in [2.05, 4.69) is 15.3 Å². The first-order valence-electron chi connectivity index (χ1n) is 9.83. The number of hydrogen-bond acceptors (Lipinski definition) is 5. The molecule has 2 N–H and O–H groups in total. The summed E-state index contributed by atoms with van der Waals surface area (Å²) in [5.41, 5.74) is 3.13. The van der Waals surface area contributed by atoms with Crippen LogP contribution in [0.2, 0.25) is 5.02 Å². The number of para-hydroxylation sites is 1. The molecule has 2 aromatic heterocycles. The molecule has 2 aromatic carbocycles. The molecule has 4 aromatic rings. The first kappa shape index (κ1) is 21.5. The Morgan fingerprint density at radius 2 is 2.06 bits per heavy atom. The zero-order valence-electron chi connectivity index (χ0n) is 17.5. The van der Waals surface area contributed by atoms with E-state index in [1.807, 2.05) is 42.1 Å². The van der Waals surface area contributed by atoms with Crippen molar-refractivity contribution in [2.75, 3.05) is 7.11 Å². The number of aromatic nitrogens is 3. The predicted molar refractivity (Wildman–Crippen MR) is 121 cm³/mol. The lowest BCUT2D eigenvalue weighted by Crippen LogP contribution is -2.44. The maximum Gasteiger partial charge on any atom is 0.413 e. The highest BCUT2D eigenvalue weighted by Crippen LogP contribution is 2.31. The van der Waals surface area contributed by atoms with E-state index in [1.165, 1.54) is 13.4 Å². The van der Waals surface area contributed by atoms with Gasteiger partial charge in [0.05, 0.1) is 25.3 Å². The normalized spacial score (nSPS) is 11.8. The molecule has 0 aliphatic carbocycles. The predicted octanol–water partition coefficient (Wildman–Crippen LogP) is 4.09. The van der Waals surface area contributed by atoms with E-state index >= 15 is 0 Å². The van der Waals surface area contributed by atoms with Crippen molar-refractivity contribution < 1.29 is 19.1 Å². The molecular formula is C23H21ClN4O4. The molecule has 0 aliphatic rings. The fraction of sp³-hybridized carbons (Fsp3) is 0.174. The van der Waals surface area contributed by atoms with Crippen LogP contribution in [-0.2, 0) is 23.0 Å². The molecule has 8 nitrogen and oxygen atoms in total. The third-order valence-electron chi connectivity index (χ3n) is 5.11. The van der Waals surface area contributed by atoms with Gasteiger partial charge < -0.3 is 24.3 Å². The summed E-state index contributed by atoms with van der Waals surface area (Å²) in [4.78, 5) is 32.1. The molecule has 1 unspecified atom stereocenters. The van der Waals surface area contributed by atoms with Crippen molar-refractivity contribution in [3.63, 3.8) is 0 Å². The van der Waals surface area contributed by atoms with E-state index in [-0.39, 0.29) is 12.2 Å². The zero-order valence-corrected chi connectivity index (χ0v) is 18.2. The first-order chi connectivity index (χ1) is 15.5. The molecule has 164 valence electrons. The summed E-state index contributed by atoms with van der Waals surface area (Å²) in [6, 6.07) is 11.8. The maximum atomic E-state index is 12.7. The van der Waals surface area contributed by atoms with Crippen LogP contribution in [0.25, 0.3) is 22.2 Å². The molecule has 4 rings (SSSR count). The van der Waals surface area contributed by atoms with Gasteiger partial charge in [-0.1, -0.05) is 29.8 Å². The number of methoxy groups -OCH3 is 1. The molecule has 0 radical (unpaired) electrons. The van der Waals surface area contributed by atoms with Gasteiger partial charge in [-0.15, -0.1) is 0 Å². The summed E-state index contributed by atoms with van der Waals surface area (Å²) in [5, 5.41) is 4.10. The highest BCUT2D eigenvalue weighted by molar-refractivity contribution is 6.31. The van der Waals surface area contributed by atoms with Crippen LogP contribution in [0.4, 0.5) is 4.79 Å². The molecule has 0 saturated heterocycles. The van der Waals surface area contributed by atoms with Crippen molar-refractivity contribution in [1.29, 1.82) is 0 Å². The van der Waals surface area contributed by atoms with Gasteiger partial charge in [0.1, 0.15) is 11.8 Å². The van der Waals surface area contributed by atoms with E-state index in [0.29, 0.717) is 16.3 Å². The van der Waals surface area contributed by atoms with Gasteiger partial charge in [0.15, 0.2) is 0 Å². The SMILES string of the molecule is COC(=O)C(Cc1cn(C)c2ccccc12)NC(=O)Oc1ccc(Cl)cc1-c1cnc[nH]1. The van der Waals surface area contributed by atoms with Gasteiger partial charge in [-0.25, -0.2) is 14.6 Å². The number of benzene rings is 2. The van der Waals surface area contributed by atoms with Gasteiger partial charge in [-0.3, -0.25) is 0 Å². The molecule has 0 bridgehead atoms. The van der Waals surface area contributed by atoms with Crippen LogP contribution in [0, 0.1) is 0 Å². The van der Waals surface area contributed by atoms with Crippen LogP contribution in [0.1, 0.15) is 5.56 Å². The molecule has 0 aliphatic heterocycles. The molecule has 32 heavy (non-hydrogen) atoms. The minimum absolute atomic E-state index is 0.247. The minimum Gasteiger partial charge on any atom is -0.467 e. The van der Waals surface area contributed by atoms with Crippen molar-refractivity contribution in [3.8, 4) is 17.0 Å². The van der Waals surface area contributed by atoms with E-state index in [4.69, 9.17) is 21.1 Å². The standard InChI is InChI=1S/C23H21ClN4O4/c1-28-12-14(16-5-3-4-6-20(16)28)9-18(22(29)31-2)27-23(30)32-21-8-7-15(24)10-17(21)19-11-25-13-26-19/h3-8,10-13,18H,9H2,1-2H3,(H,25,26)(H,27,30). The van der Waals surface area contributed by atoms with Crippen molar-refractivity contribution in [1.82, 2.24) is 19.9 Å². The molecule has 0 spiro atoms. The number of fused-ring (bicyclic) bond motifs is 1. The Balaban J connectivity index is 1.55. The second kappa shape index (κ2) is 9.15. The van der Waals surface area contributed by atoms with Gasteiger partial charge >= 0.3 is 12.1 Å². The van der Waals surface area contributed by atoms with Gasteiger partial charge in [0, 0.05) is 41.2 Å². The van der Waals surface area contributed by atoms with E-state index in [0.717, 1.165) is 16.5 Å². The number of H-pyrrole nitrogens is 1. The second-order valence-corrected chi connectivity index (χ2v) is 7.64. The molecule has 1 amide bonds. The van der Waals surface area contributed by atoms with E-state index < -0.39 is 18.1 Å². The van der Waals surface area contributed by atoms with Gasteiger partial charge in [-0.05, 0) is 29.8 Å². The van der Waals surface area contributed by atoms with Crippen LogP contribution in [0.3, 0.4) is 0 Å². The fourth-order valence-corrected chi connectivity index (χ4v) is 3.79. The zero-order chi connectivity index (χ0) is 22.7. The Bertz CT molecular complexity index is 1270. The van der Waals surface area contributed by atoms with Crippen molar-refractivity contribution in [2.45, 2.75) is 12.5 Å². The van der Waals surface area contributed by atoms with Gasteiger partial charge in [0.2, 0.25) is 0 Å². The van der Waals surface area contributed by atoms with Gasteiger partial charge in [0.25, 0.3) is 0 Å². The monoisotopic (exact) mass is 452 g/mol. The first-order valence-corrected chi connectivity index (χ1v) is 10.2. The number of amides is 1. The summed E-state index contributed by atoms with van der Waals surface area (Å²) in [6.45, 7) is 0. The molecule has 0 saturated carbocycles. The third-order valence-corrected chi connectivity index (χ3v) is 5.35. The Hall–Kier alpha value is -3.78. The van der Waals surface area contributed by atoms with Gasteiger partial charge in [-0.2, -0.15) is 0 Å². The van der Waals surface area contributed by atoms with Crippen molar-refractivity contribution in [3.05, 3.63) is 71.8 Å². The second-order valence-electron chi connectivity index (χ2n) is 7.20. The largest absolute Gasteiger partial charge is 0.467 e. The number of carbonyl (C=O) groups excluding carboxylic acids is 2. The van der Waals surface area contributed by atoms with Crippen LogP contribution in [0.15, 0.2) is 61.2 Å². The Morgan fingerprint density at radius 1 is 1.25 bits per heavy atom. The number of hydrogen-bond donors (Lipinski definition) is 2. The van der Waals surface area contributed by atoms with E-state index in [9.17, 15) is 9.59 Å². The number of nitrogens with zero attached hydrogens (tertiary/aromatic N) is 2. The highest BCUT2D eigenvalue weighted by atomic mass is 35.5. The number of esters is 1. The Labute approximate surface area is 189 Å². The quantitative estimate of drug-likeness (QED) is 0.429.